The fourth-order valence-electron chi connectivity index (χ4n) is 1.73. The van der Waals surface area contributed by atoms with E-state index >= 15 is 0 Å². The number of aliphatic hydroxyl groups is 1. The summed E-state index contributed by atoms with van der Waals surface area (Å²) in [6, 6.07) is 4.10. The molecule has 1 aromatic carbocycles. The predicted molar refractivity (Wildman–Crippen MR) is 73.1 cm³/mol. The summed E-state index contributed by atoms with van der Waals surface area (Å²) in [6.07, 6.45) is -0.278. The molecule has 0 unspecified atom stereocenters. The normalized spacial score (nSPS) is 11.9. The molecule has 4 N–H and O–H groups in total. The lowest BCUT2D eigenvalue weighted by Gasteiger charge is -2.16. The van der Waals surface area contributed by atoms with Crippen LogP contribution in [0.1, 0.15) is 6.42 Å². The minimum atomic E-state index is -1.35. The van der Waals surface area contributed by atoms with Gasteiger partial charge in [-0.25, -0.2) is 4.39 Å². The average Bonchev–Trinajstić information content (AvgIpc) is 2.48. The van der Waals surface area contributed by atoms with Crippen LogP contribution in [0.2, 0.25) is 0 Å². The number of benzene rings is 1. The maximum absolute atomic E-state index is 12.7. The lowest BCUT2D eigenvalue weighted by Crippen LogP contribution is -2.94. The van der Waals surface area contributed by atoms with E-state index in [1.807, 2.05) is 0 Å². The molecule has 1 rings (SSSR count). The molecule has 0 saturated carbocycles. The molecule has 0 bridgehead atoms. The third-order valence-corrected chi connectivity index (χ3v) is 2.79. The number of nitrogens with two attached hydrogens (primary N) is 1. The molecule has 22 heavy (non-hydrogen) atoms. The van der Waals surface area contributed by atoms with Gasteiger partial charge >= 0.3 is 0 Å². The fraction of sp³-hybridized carbons (Fsp3) is 0.429. The molecule has 0 aliphatic carbocycles. The second kappa shape index (κ2) is 9.82. The van der Waals surface area contributed by atoms with E-state index in [1.54, 1.807) is 0 Å². The zero-order chi connectivity index (χ0) is 16.4. The molecular weight excluding hydrogens is 295 g/mol. The van der Waals surface area contributed by atoms with Gasteiger partial charge in [0, 0.05) is 5.69 Å². The van der Waals surface area contributed by atoms with E-state index in [0.717, 1.165) is 0 Å². The summed E-state index contributed by atoms with van der Waals surface area (Å²) in [7, 11) is 0. The van der Waals surface area contributed by atoms with Crippen LogP contribution in [0.25, 0.3) is 0 Å². The summed E-state index contributed by atoms with van der Waals surface area (Å²) in [5.74, 6) is -2.29. The fourth-order valence-corrected chi connectivity index (χ4v) is 1.73. The number of carboxylic acids is 1. The van der Waals surface area contributed by atoms with Gasteiger partial charge in [0.1, 0.15) is 11.9 Å². The quantitative estimate of drug-likeness (QED) is 0.426. The van der Waals surface area contributed by atoms with Crippen LogP contribution in [-0.4, -0.2) is 49.4 Å². The van der Waals surface area contributed by atoms with Gasteiger partial charge in [-0.05, 0) is 24.3 Å². The minimum Gasteiger partial charge on any atom is -0.544 e. The van der Waals surface area contributed by atoms with E-state index in [-0.39, 0.29) is 26.2 Å². The maximum atomic E-state index is 12.7. The Kier molecular flexibility index (Phi) is 8.05. The second-order valence-electron chi connectivity index (χ2n) is 4.55. The molecule has 1 aromatic rings. The van der Waals surface area contributed by atoms with Crippen LogP contribution in [0.5, 0.6) is 0 Å². The van der Waals surface area contributed by atoms with Crippen molar-refractivity contribution in [2.45, 2.75) is 12.5 Å². The smallest absolute Gasteiger partial charge is 0.230 e. The molecule has 8 heteroatoms. The van der Waals surface area contributed by atoms with Gasteiger partial charge in [0.25, 0.3) is 0 Å². The average molecular weight is 314 g/mol. The van der Waals surface area contributed by atoms with E-state index in [4.69, 9.17) is 9.84 Å². The highest BCUT2D eigenvalue weighted by atomic mass is 19.1. The molecule has 0 saturated heterocycles. The number of nitrogens with one attached hydrogen (secondary N) is 1. The summed E-state index contributed by atoms with van der Waals surface area (Å²) in [5, 5.41) is 23.4. The first kappa shape index (κ1) is 18.0. The summed E-state index contributed by atoms with van der Waals surface area (Å²) in [6.45, 7) is 0.644. The van der Waals surface area contributed by atoms with Crippen molar-refractivity contribution < 1.29 is 34.2 Å². The van der Waals surface area contributed by atoms with Crippen LogP contribution in [0.4, 0.5) is 10.1 Å². The number of aliphatic hydroxyl groups excluding tert-OH is 1. The highest BCUT2D eigenvalue weighted by Gasteiger charge is 2.18. The van der Waals surface area contributed by atoms with Gasteiger partial charge in [0.05, 0.1) is 38.8 Å². The number of carboxylic acid groups (broad SMARTS) is 1. The molecule has 0 fully saturated rings. The van der Waals surface area contributed by atoms with Crippen LogP contribution in [0, 0.1) is 5.82 Å². The van der Waals surface area contributed by atoms with Crippen LogP contribution < -0.4 is 15.7 Å². The summed E-state index contributed by atoms with van der Waals surface area (Å²) >= 11 is 0. The van der Waals surface area contributed by atoms with Gasteiger partial charge in [-0.1, -0.05) is 0 Å². The van der Waals surface area contributed by atoms with E-state index in [2.05, 4.69) is 5.32 Å². The molecule has 7 nitrogen and oxygen atoms in total. The SMILES string of the molecule is O=C(C[C@H]([NH2+]CCOCCO)C(=O)[O-])Nc1ccc(F)cc1. The number of hydrogen-bond donors (Lipinski definition) is 3. The molecule has 0 aliphatic rings. The maximum Gasteiger partial charge on any atom is 0.230 e. The van der Waals surface area contributed by atoms with E-state index in [1.165, 1.54) is 29.6 Å². The second-order valence-corrected chi connectivity index (χ2v) is 4.55. The number of rotatable bonds is 10. The Balaban J connectivity index is 2.39. The van der Waals surface area contributed by atoms with Crippen molar-refractivity contribution >= 4 is 17.6 Å². The van der Waals surface area contributed by atoms with Crippen molar-refractivity contribution in [2.24, 2.45) is 0 Å². The molecule has 0 aromatic heterocycles. The van der Waals surface area contributed by atoms with E-state index < -0.39 is 23.7 Å². The number of halogens is 1. The third-order valence-electron chi connectivity index (χ3n) is 2.79. The van der Waals surface area contributed by atoms with Crippen LogP contribution in [-0.2, 0) is 14.3 Å². The van der Waals surface area contributed by atoms with E-state index in [0.29, 0.717) is 12.2 Å². The zero-order valence-electron chi connectivity index (χ0n) is 12.0. The Bertz CT molecular complexity index is 481. The van der Waals surface area contributed by atoms with Crippen molar-refractivity contribution in [1.29, 1.82) is 0 Å². The number of carbonyl (C=O) groups excluding carboxylic acids is 2. The first-order valence-electron chi connectivity index (χ1n) is 6.81. The number of quaternary nitrogens is 1. The van der Waals surface area contributed by atoms with Gasteiger partial charge in [-0.2, -0.15) is 0 Å². The number of ether oxygens (including phenoxy) is 1. The Morgan fingerprint density at radius 3 is 2.59 bits per heavy atom. The highest BCUT2D eigenvalue weighted by molar-refractivity contribution is 5.93. The Morgan fingerprint density at radius 1 is 1.32 bits per heavy atom. The topological polar surface area (TPSA) is 115 Å². The highest BCUT2D eigenvalue weighted by Crippen LogP contribution is 2.08. The zero-order valence-corrected chi connectivity index (χ0v) is 12.0. The predicted octanol–water partition coefficient (Wildman–Crippen LogP) is -2.15. The lowest BCUT2D eigenvalue weighted by molar-refractivity contribution is -0.683. The van der Waals surface area contributed by atoms with Crippen molar-refractivity contribution in [2.75, 3.05) is 31.7 Å². The van der Waals surface area contributed by atoms with Gasteiger partial charge in [-0.3, -0.25) is 4.79 Å². The van der Waals surface area contributed by atoms with E-state index in [9.17, 15) is 19.1 Å². The number of anilines is 1. The third kappa shape index (κ3) is 7.11. The largest absolute Gasteiger partial charge is 0.544 e. The van der Waals surface area contributed by atoms with Crippen LogP contribution in [0.3, 0.4) is 0 Å². The number of carbonyl (C=O) groups is 2. The molecule has 122 valence electrons. The Labute approximate surface area is 127 Å². The van der Waals surface area contributed by atoms with Gasteiger partial charge in [-0.15, -0.1) is 0 Å². The standard InChI is InChI=1S/C14H19FN2O5/c15-10-1-3-11(4-2-10)17-13(19)9-12(14(20)21)16-5-7-22-8-6-18/h1-4,12,16,18H,5-9H2,(H,17,19)(H,20,21)/t12-/m0/s1. The van der Waals surface area contributed by atoms with Crippen molar-refractivity contribution in [3.8, 4) is 0 Å². The molecule has 0 aliphatic heterocycles. The summed E-state index contributed by atoms with van der Waals surface area (Å²) in [4.78, 5) is 22.8. The molecular formula is C14H19FN2O5. The number of amides is 1. The lowest BCUT2D eigenvalue weighted by atomic mass is 10.2. The molecule has 0 spiro atoms. The van der Waals surface area contributed by atoms with Gasteiger partial charge in [0.2, 0.25) is 5.91 Å². The van der Waals surface area contributed by atoms with Gasteiger partial charge < -0.3 is 30.4 Å². The molecule has 1 atom stereocenters. The molecule has 0 heterocycles. The Hall–Kier alpha value is -2.03. The number of aliphatic carboxylic acids is 1. The summed E-state index contributed by atoms with van der Waals surface area (Å²) < 4.78 is 17.7. The van der Waals surface area contributed by atoms with Crippen LogP contribution in [0.15, 0.2) is 24.3 Å². The van der Waals surface area contributed by atoms with Crippen molar-refractivity contribution in [1.82, 2.24) is 0 Å². The molecule has 0 radical (unpaired) electrons. The van der Waals surface area contributed by atoms with Crippen LogP contribution >= 0.6 is 0 Å². The monoisotopic (exact) mass is 314 g/mol. The van der Waals surface area contributed by atoms with Crippen molar-refractivity contribution in [3.05, 3.63) is 30.1 Å². The Morgan fingerprint density at radius 2 is 2.00 bits per heavy atom. The summed E-state index contributed by atoms with van der Waals surface area (Å²) in [5.41, 5.74) is 0.384. The number of hydrogen-bond acceptors (Lipinski definition) is 5. The van der Waals surface area contributed by atoms with Gasteiger partial charge in [0.15, 0.2) is 0 Å². The first-order valence-corrected chi connectivity index (χ1v) is 6.81. The first-order chi connectivity index (χ1) is 10.5. The molecule has 1 amide bonds. The van der Waals surface area contributed by atoms with Crippen molar-refractivity contribution in [3.63, 3.8) is 0 Å². The minimum absolute atomic E-state index is 0.107.